The number of likely N-dealkylation sites (tertiary alicyclic amines) is 1. The summed E-state index contributed by atoms with van der Waals surface area (Å²) in [5.74, 6) is 1.09. The minimum atomic E-state index is 0.218. The molecule has 0 radical (unpaired) electrons. The normalized spacial score (nSPS) is 20.3. The minimum absolute atomic E-state index is 0.218. The van der Waals surface area contributed by atoms with Crippen molar-refractivity contribution in [3.8, 4) is 0 Å². The molecule has 18 heavy (non-hydrogen) atoms. The first-order chi connectivity index (χ1) is 8.29. The molecular weight excluding hydrogens is 242 g/mol. The molecule has 1 saturated heterocycles. The standard InChI is InChI=1S/C14H29N3S/c1-7-15-12(16-10-14(4,5)18-6)17-9-8-13(2,3)11-17/h7-11H2,1-6H3,(H,15,16). The highest BCUT2D eigenvalue weighted by atomic mass is 32.2. The molecule has 0 unspecified atom stereocenters. The van der Waals surface area contributed by atoms with E-state index in [2.05, 4.69) is 51.1 Å². The average molecular weight is 271 g/mol. The predicted octanol–water partition coefficient (Wildman–Crippen LogP) is 2.83. The van der Waals surface area contributed by atoms with E-state index in [0.717, 1.165) is 32.1 Å². The smallest absolute Gasteiger partial charge is 0.193 e. The molecule has 0 saturated carbocycles. The van der Waals surface area contributed by atoms with Gasteiger partial charge >= 0.3 is 0 Å². The Morgan fingerprint density at radius 2 is 2.11 bits per heavy atom. The van der Waals surface area contributed by atoms with Crippen molar-refractivity contribution in [2.45, 2.75) is 45.8 Å². The Kier molecular flexibility index (Phi) is 5.38. The zero-order valence-corrected chi connectivity index (χ0v) is 13.7. The van der Waals surface area contributed by atoms with E-state index in [4.69, 9.17) is 4.99 Å². The van der Waals surface area contributed by atoms with Gasteiger partial charge in [0.15, 0.2) is 5.96 Å². The molecule has 1 fully saturated rings. The van der Waals surface area contributed by atoms with Gasteiger partial charge in [0.1, 0.15) is 0 Å². The SMILES string of the molecule is CCNC(=NCC(C)(C)SC)N1CCC(C)(C)C1. The van der Waals surface area contributed by atoms with Gasteiger partial charge in [0.05, 0.1) is 6.54 Å². The van der Waals surface area contributed by atoms with Gasteiger partial charge in [0.25, 0.3) is 0 Å². The number of aliphatic imine (C=N–C) groups is 1. The second-order valence-electron chi connectivity index (χ2n) is 6.47. The van der Waals surface area contributed by atoms with E-state index >= 15 is 0 Å². The van der Waals surface area contributed by atoms with Crippen LogP contribution in [0, 0.1) is 5.41 Å². The highest BCUT2D eigenvalue weighted by Gasteiger charge is 2.31. The molecule has 0 atom stereocenters. The summed E-state index contributed by atoms with van der Waals surface area (Å²) in [5, 5.41) is 3.43. The summed E-state index contributed by atoms with van der Waals surface area (Å²) < 4.78 is 0.218. The Morgan fingerprint density at radius 1 is 1.44 bits per heavy atom. The Morgan fingerprint density at radius 3 is 2.56 bits per heavy atom. The monoisotopic (exact) mass is 271 g/mol. The summed E-state index contributed by atoms with van der Waals surface area (Å²) in [7, 11) is 0. The number of thioether (sulfide) groups is 1. The molecule has 0 aromatic heterocycles. The summed E-state index contributed by atoms with van der Waals surface area (Å²) in [4.78, 5) is 7.22. The average Bonchev–Trinajstić information content (AvgIpc) is 2.65. The number of nitrogens with zero attached hydrogens (tertiary/aromatic N) is 2. The van der Waals surface area contributed by atoms with Crippen LogP contribution in [0.1, 0.15) is 41.0 Å². The maximum atomic E-state index is 4.81. The molecule has 0 amide bonds. The van der Waals surface area contributed by atoms with Crippen molar-refractivity contribution in [2.24, 2.45) is 10.4 Å². The van der Waals surface area contributed by atoms with Crippen molar-refractivity contribution in [3.05, 3.63) is 0 Å². The summed E-state index contributed by atoms with van der Waals surface area (Å²) >= 11 is 1.88. The van der Waals surface area contributed by atoms with Gasteiger partial charge in [-0.2, -0.15) is 11.8 Å². The van der Waals surface area contributed by atoms with Crippen LogP contribution in [0.3, 0.4) is 0 Å². The van der Waals surface area contributed by atoms with Gasteiger partial charge in [-0.05, 0) is 38.9 Å². The molecule has 1 aliphatic heterocycles. The maximum Gasteiger partial charge on any atom is 0.193 e. The van der Waals surface area contributed by atoms with E-state index in [9.17, 15) is 0 Å². The number of guanidine groups is 1. The summed E-state index contributed by atoms with van der Waals surface area (Å²) in [5.41, 5.74) is 0.422. The molecule has 0 aliphatic carbocycles. The van der Waals surface area contributed by atoms with Crippen LogP contribution in [-0.2, 0) is 0 Å². The predicted molar refractivity (Wildman–Crippen MR) is 83.5 cm³/mol. The van der Waals surface area contributed by atoms with Gasteiger partial charge in [0.2, 0.25) is 0 Å². The zero-order valence-electron chi connectivity index (χ0n) is 12.8. The fourth-order valence-corrected chi connectivity index (χ4v) is 2.24. The number of rotatable bonds is 4. The Labute approximate surface area is 117 Å². The molecule has 4 heteroatoms. The second-order valence-corrected chi connectivity index (χ2v) is 7.98. The molecular formula is C14H29N3S. The lowest BCUT2D eigenvalue weighted by Crippen LogP contribution is -2.41. The first kappa shape index (κ1) is 15.7. The Balaban J connectivity index is 2.68. The number of hydrogen-bond donors (Lipinski definition) is 1. The molecule has 1 rings (SSSR count). The molecule has 1 N–H and O–H groups in total. The minimum Gasteiger partial charge on any atom is -0.357 e. The van der Waals surface area contributed by atoms with Crippen molar-refractivity contribution in [1.82, 2.24) is 10.2 Å². The first-order valence-corrected chi connectivity index (χ1v) is 8.10. The van der Waals surface area contributed by atoms with E-state index in [-0.39, 0.29) is 4.75 Å². The first-order valence-electron chi connectivity index (χ1n) is 6.88. The van der Waals surface area contributed by atoms with Crippen LogP contribution in [0.25, 0.3) is 0 Å². The van der Waals surface area contributed by atoms with Crippen molar-refractivity contribution >= 4 is 17.7 Å². The highest BCUT2D eigenvalue weighted by molar-refractivity contribution is 7.99. The van der Waals surface area contributed by atoms with Crippen molar-refractivity contribution in [3.63, 3.8) is 0 Å². The number of hydrogen-bond acceptors (Lipinski definition) is 2. The second kappa shape index (κ2) is 6.18. The van der Waals surface area contributed by atoms with E-state index in [1.54, 1.807) is 0 Å². The van der Waals surface area contributed by atoms with E-state index in [1.165, 1.54) is 6.42 Å². The lowest BCUT2D eigenvalue weighted by molar-refractivity contribution is 0.370. The van der Waals surface area contributed by atoms with Crippen LogP contribution in [-0.4, -0.2) is 48.0 Å². The van der Waals surface area contributed by atoms with Crippen LogP contribution < -0.4 is 5.32 Å². The molecule has 0 aromatic rings. The van der Waals surface area contributed by atoms with Crippen molar-refractivity contribution in [1.29, 1.82) is 0 Å². The van der Waals surface area contributed by atoms with E-state index in [1.807, 2.05) is 11.8 Å². The van der Waals surface area contributed by atoms with Crippen LogP contribution in [0.5, 0.6) is 0 Å². The Bertz CT molecular complexity index is 297. The van der Waals surface area contributed by atoms with Crippen LogP contribution in [0.4, 0.5) is 0 Å². The third-order valence-corrected chi connectivity index (χ3v) is 4.71. The lowest BCUT2D eigenvalue weighted by atomic mass is 9.93. The lowest BCUT2D eigenvalue weighted by Gasteiger charge is -2.26. The molecule has 1 heterocycles. The summed E-state index contributed by atoms with van der Waals surface area (Å²) in [6, 6.07) is 0. The molecule has 1 aliphatic rings. The molecule has 106 valence electrons. The third kappa shape index (κ3) is 4.71. The fraction of sp³-hybridized carbons (Fsp3) is 0.929. The van der Waals surface area contributed by atoms with Gasteiger partial charge in [-0.1, -0.05) is 13.8 Å². The molecule has 3 nitrogen and oxygen atoms in total. The third-order valence-electron chi connectivity index (χ3n) is 3.47. The molecule has 0 spiro atoms. The van der Waals surface area contributed by atoms with Crippen molar-refractivity contribution < 1.29 is 0 Å². The van der Waals surface area contributed by atoms with Gasteiger partial charge in [0, 0.05) is 24.4 Å². The summed E-state index contributed by atoms with van der Waals surface area (Å²) in [6.07, 6.45) is 3.41. The maximum absolute atomic E-state index is 4.81. The van der Waals surface area contributed by atoms with E-state index in [0.29, 0.717) is 5.41 Å². The number of nitrogens with one attached hydrogen (secondary N) is 1. The molecule has 0 bridgehead atoms. The van der Waals surface area contributed by atoms with E-state index < -0.39 is 0 Å². The molecule has 0 aromatic carbocycles. The zero-order chi connectivity index (χ0) is 13.8. The van der Waals surface area contributed by atoms with Gasteiger partial charge in [-0.15, -0.1) is 0 Å². The van der Waals surface area contributed by atoms with Gasteiger partial charge in [-0.3, -0.25) is 4.99 Å². The van der Waals surface area contributed by atoms with Gasteiger partial charge in [-0.25, -0.2) is 0 Å². The highest BCUT2D eigenvalue weighted by Crippen LogP contribution is 2.29. The largest absolute Gasteiger partial charge is 0.357 e. The van der Waals surface area contributed by atoms with Crippen LogP contribution in [0.2, 0.25) is 0 Å². The van der Waals surface area contributed by atoms with Crippen LogP contribution in [0.15, 0.2) is 4.99 Å². The quantitative estimate of drug-likeness (QED) is 0.629. The van der Waals surface area contributed by atoms with Crippen molar-refractivity contribution in [2.75, 3.05) is 32.4 Å². The summed E-state index contributed by atoms with van der Waals surface area (Å²) in [6.45, 7) is 15.3. The Hall–Kier alpha value is -0.380. The van der Waals surface area contributed by atoms with Gasteiger partial charge < -0.3 is 10.2 Å². The van der Waals surface area contributed by atoms with Crippen LogP contribution >= 0.6 is 11.8 Å². The topological polar surface area (TPSA) is 27.6 Å². The fourth-order valence-electron chi connectivity index (χ4n) is 2.05.